The van der Waals surface area contributed by atoms with E-state index in [1.807, 2.05) is 18.2 Å². The summed E-state index contributed by atoms with van der Waals surface area (Å²) in [5.74, 6) is -0.469. The first-order chi connectivity index (χ1) is 15.6. The van der Waals surface area contributed by atoms with Gasteiger partial charge in [0.05, 0.1) is 24.5 Å². The highest BCUT2D eigenvalue weighted by Gasteiger charge is 2.22. The molecule has 2 aromatic rings. The smallest absolute Gasteiger partial charge is 0.238 e. The van der Waals surface area contributed by atoms with E-state index >= 15 is 0 Å². The fourth-order valence-electron chi connectivity index (χ4n) is 4.25. The SMILES string of the molecule is O=C(CN1CCN(CC(=O)Nc2ccccc2N2CCCC2)CC1)Nc1ccc(F)cc1. The summed E-state index contributed by atoms with van der Waals surface area (Å²) in [5.41, 5.74) is 2.55. The Morgan fingerprint density at radius 1 is 0.750 bits per heavy atom. The van der Waals surface area contributed by atoms with Crippen molar-refractivity contribution in [2.75, 3.05) is 67.9 Å². The number of carbonyl (C=O) groups excluding carboxylic acids is 2. The van der Waals surface area contributed by atoms with Crippen LogP contribution in [-0.4, -0.2) is 74.0 Å². The Morgan fingerprint density at radius 2 is 1.31 bits per heavy atom. The summed E-state index contributed by atoms with van der Waals surface area (Å²) >= 11 is 0. The van der Waals surface area contributed by atoms with Crippen molar-refractivity contribution in [3.63, 3.8) is 0 Å². The Labute approximate surface area is 188 Å². The second-order valence-electron chi connectivity index (χ2n) is 8.37. The topological polar surface area (TPSA) is 67.9 Å². The van der Waals surface area contributed by atoms with E-state index in [-0.39, 0.29) is 24.2 Å². The highest BCUT2D eigenvalue weighted by molar-refractivity contribution is 5.95. The maximum Gasteiger partial charge on any atom is 0.238 e. The van der Waals surface area contributed by atoms with Gasteiger partial charge in [0.15, 0.2) is 0 Å². The molecule has 0 saturated carbocycles. The molecular weight excluding hydrogens is 409 g/mol. The van der Waals surface area contributed by atoms with Crippen LogP contribution in [0.15, 0.2) is 48.5 Å². The summed E-state index contributed by atoms with van der Waals surface area (Å²) in [6.45, 7) is 5.57. The van der Waals surface area contributed by atoms with Crippen LogP contribution < -0.4 is 15.5 Å². The fraction of sp³-hybridized carbons (Fsp3) is 0.417. The first kappa shape index (κ1) is 22.2. The molecule has 2 aliphatic rings. The van der Waals surface area contributed by atoms with Crippen molar-refractivity contribution < 1.29 is 14.0 Å². The molecule has 0 atom stereocenters. The first-order valence-corrected chi connectivity index (χ1v) is 11.2. The molecule has 2 aliphatic heterocycles. The van der Waals surface area contributed by atoms with Crippen molar-refractivity contribution in [2.45, 2.75) is 12.8 Å². The van der Waals surface area contributed by atoms with Crippen LogP contribution in [0, 0.1) is 5.82 Å². The Morgan fingerprint density at radius 3 is 1.94 bits per heavy atom. The third-order valence-corrected chi connectivity index (χ3v) is 5.95. The molecule has 0 aliphatic carbocycles. The van der Waals surface area contributed by atoms with E-state index < -0.39 is 0 Å². The number of benzene rings is 2. The fourth-order valence-corrected chi connectivity index (χ4v) is 4.25. The van der Waals surface area contributed by atoms with Gasteiger partial charge in [-0.3, -0.25) is 19.4 Å². The molecule has 0 bridgehead atoms. The molecule has 32 heavy (non-hydrogen) atoms. The third kappa shape index (κ3) is 6.05. The van der Waals surface area contributed by atoms with E-state index in [9.17, 15) is 14.0 Å². The summed E-state index contributed by atoms with van der Waals surface area (Å²) in [5, 5.41) is 5.87. The number of nitrogens with zero attached hydrogens (tertiary/aromatic N) is 3. The van der Waals surface area contributed by atoms with Crippen molar-refractivity contribution >= 4 is 28.9 Å². The second-order valence-corrected chi connectivity index (χ2v) is 8.37. The average Bonchev–Trinajstić information content (AvgIpc) is 3.32. The first-order valence-electron chi connectivity index (χ1n) is 11.2. The normalized spacial score (nSPS) is 17.3. The second kappa shape index (κ2) is 10.6. The number of hydrogen-bond donors (Lipinski definition) is 2. The molecule has 2 fully saturated rings. The van der Waals surface area contributed by atoms with E-state index in [2.05, 4.69) is 31.4 Å². The number of hydrogen-bond acceptors (Lipinski definition) is 5. The molecule has 0 radical (unpaired) electrons. The maximum absolute atomic E-state index is 13.0. The minimum absolute atomic E-state index is 0.0147. The molecule has 8 heteroatoms. The largest absolute Gasteiger partial charge is 0.370 e. The Hall–Kier alpha value is -2.97. The van der Waals surface area contributed by atoms with Gasteiger partial charge in [0.1, 0.15) is 5.82 Å². The molecule has 2 heterocycles. The predicted molar refractivity (Wildman–Crippen MR) is 124 cm³/mol. The average molecular weight is 440 g/mol. The Bertz CT molecular complexity index is 922. The Kier molecular flexibility index (Phi) is 7.34. The van der Waals surface area contributed by atoms with E-state index in [1.54, 1.807) is 12.1 Å². The van der Waals surface area contributed by atoms with Crippen LogP contribution in [0.1, 0.15) is 12.8 Å². The van der Waals surface area contributed by atoms with Gasteiger partial charge >= 0.3 is 0 Å². The number of anilines is 3. The number of halogens is 1. The van der Waals surface area contributed by atoms with Crippen molar-refractivity contribution in [3.8, 4) is 0 Å². The van der Waals surface area contributed by atoms with E-state index in [0.29, 0.717) is 25.3 Å². The van der Waals surface area contributed by atoms with Gasteiger partial charge < -0.3 is 15.5 Å². The maximum atomic E-state index is 13.0. The summed E-state index contributed by atoms with van der Waals surface area (Å²) in [6, 6.07) is 13.7. The molecule has 170 valence electrons. The lowest BCUT2D eigenvalue weighted by Crippen LogP contribution is -2.50. The number of para-hydroxylation sites is 2. The van der Waals surface area contributed by atoms with Crippen LogP contribution in [0.5, 0.6) is 0 Å². The molecule has 2 N–H and O–H groups in total. The standard InChI is InChI=1S/C24H30FN5O2/c25-19-7-9-20(10-8-19)26-23(31)17-28-13-15-29(16-14-28)18-24(32)27-21-5-1-2-6-22(21)30-11-3-4-12-30/h1-2,5-10H,3-4,11-18H2,(H,26,31)(H,27,32). The van der Waals surface area contributed by atoms with Gasteiger partial charge in [-0.15, -0.1) is 0 Å². The lowest BCUT2D eigenvalue weighted by atomic mass is 10.2. The zero-order valence-electron chi connectivity index (χ0n) is 18.2. The molecule has 2 saturated heterocycles. The lowest BCUT2D eigenvalue weighted by Gasteiger charge is -2.33. The van der Waals surface area contributed by atoms with Gasteiger partial charge in [-0.25, -0.2) is 4.39 Å². The van der Waals surface area contributed by atoms with Gasteiger partial charge in [0, 0.05) is 45.0 Å². The molecule has 4 rings (SSSR count). The molecule has 2 aromatic carbocycles. The molecule has 0 unspecified atom stereocenters. The van der Waals surface area contributed by atoms with E-state index in [4.69, 9.17) is 0 Å². The predicted octanol–water partition coefficient (Wildman–Crippen LogP) is 2.62. The Balaban J connectivity index is 1.21. The number of piperazine rings is 1. The number of nitrogens with one attached hydrogen (secondary N) is 2. The molecule has 2 amide bonds. The van der Waals surface area contributed by atoms with Gasteiger partial charge in [-0.1, -0.05) is 12.1 Å². The minimum Gasteiger partial charge on any atom is -0.370 e. The minimum atomic E-state index is -0.331. The van der Waals surface area contributed by atoms with Crippen LogP contribution in [0.25, 0.3) is 0 Å². The molecule has 0 aromatic heterocycles. The molecular formula is C24H30FN5O2. The number of carbonyl (C=O) groups is 2. The summed E-state index contributed by atoms with van der Waals surface area (Å²) in [4.78, 5) is 31.4. The molecule has 7 nitrogen and oxygen atoms in total. The highest BCUT2D eigenvalue weighted by Crippen LogP contribution is 2.28. The van der Waals surface area contributed by atoms with Crippen molar-refractivity contribution in [3.05, 3.63) is 54.3 Å². The highest BCUT2D eigenvalue weighted by atomic mass is 19.1. The number of rotatable bonds is 7. The number of amides is 2. The van der Waals surface area contributed by atoms with Crippen molar-refractivity contribution in [1.82, 2.24) is 9.80 Å². The van der Waals surface area contributed by atoms with Crippen LogP contribution in [-0.2, 0) is 9.59 Å². The lowest BCUT2D eigenvalue weighted by molar-refractivity contribution is -0.120. The molecule has 0 spiro atoms. The van der Waals surface area contributed by atoms with Gasteiger partial charge in [-0.05, 0) is 49.2 Å². The summed E-state index contributed by atoms with van der Waals surface area (Å²) in [6.07, 6.45) is 2.38. The van der Waals surface area contributed by atoms with Gasteiger partial charge in [0.2, 0.25) is 11.8 Å². The van der Waals surface area contributed by atoms with E-state index in [1.165, 1.54) is 25.0 Å². The van der Waals surface area contributed by atoms with Gasteiger partial charge in [-0.2, -0.15) is 0 Å². The van der Waals surface area contributed by atoms with Crippen molar-refractivity contribution in [1.29, 1.82) is 0 Å². The van der Waals surface area contributed by atoms with Crippen LogP contribution >= 0.6 is 0 Å². The summed E-state index contributed by atoms with van der Waals surface area (Å²) < 4.78 is 13.0. The summed E-state index contributed by atoms with van der Waals surface area (Å²) in [7, 11) is 0. The van der Waals surface area contributed by atoms with Crippen LogP contribution in [0.2, 0.25) is 0 Å². The zero-order valence-corrected chi connectivity index (χ0v) is 18.2. The van der Waals surface area contributed by atoms with Gasteiger partial charge in [0.25, 0.3) is 0 Å². The zero-order chi connectivity index (χ0) is 22.3. The van der Waals surface area contributed by atoms with E-state index in [0.717, 1.165) is 37.6 Å². The van der Waals surface area contributed by atoms with Crippen LogP contribution in [0.4, 0.5) is 21.5 Å². The monoisotopic (exact) mass is 439 g/mol. The van der Waals surface area contributed by atoms with Crippen molar-refractivity contribution in [2.24, 2.45) is 0 Å². The van der Waals surface area contributed by atoms with Crippen LogP contribution in [0.3, 0.4) is 0 Å². The quantitative estimate of drug-likeness (QED) is 0.694. The third-order valence-electron chi connectivity index (χ3n) is 5.95.